The molecule has 0 spiro atoms. The molecule has 0 aromatic heterocycles. The van der Waals surface area contributed by atoms with Gasteiger partial charge < -0.3 is 10.4 Å². The molecule has 1 aromatic carbocycles. The van der Waals surface area contributed by atoms with Crippen molar-refractivity contribution < 1.29 is 14.3 Å². The Balaban J connectivity index is 2.22. The van der Waals surface area contributed by atoms with Gasteiger partial charge in [-0.05, 0) is 25.1 Å². The number of halogens is 1. The molecule has 2 unspecified atom stereocenters. The lowest BCUT2D eigenvalue weighted by Crippen LogP contribution is -2.33. The smallest absolute Gasteiger partial charge is 0.304 e. The number of carboxylic acids is 1. The normalized spacial score (nSPS) is 23.4. The van der Waals surface area contributed by atoms with E-state index < -0.39 is 5.97 Å². The molecule has 86 valence electrons. The van der Waals surface area contributed by atoms with Crippen LogP contribution in [0.15, 0.2) is 23.1 Å². The molecule has 0 saturated heterocycles. The molecule has 0 aliphatic carbocycles. The summed E-state index contributed by atoms with van der Waals surface area (Å²) in [6, 6.07) is 4.59. The van der Waals surface area contributed by atoms with Crippen molar-refractivity contribution in [2.24, 2.45) is 0 Å². The lowest BCUT2D eigenvalue weighted by atomic mass is 10.1. The van der Waals surface area contributed by atoms with Crippen LogP contribution in [0.5, 0.6) is 0 Å². The number of carboxylic acid groups (broad SMARTS) is 1. The van der Waals surface area contributed by atoms with E-state index in [1.165, 1.54) is 23.9 Å². The topological polar surface area (TPSA) is 49.3 Å². The maximum atomic E-state index is 13.0. The molecule has 3 nitrogen and oxygen atoms in total. The van der Waals surface area contributed by atoms with Gasteiger partial charge in [0.25, 0.3) is 0 Å². The Hall–Kier alpha value is -1.23. The maximum absolute atomic E-state index is 13.0. The predicted molar refractivity (Wildman–Crippen MR) is 61.4 cm³/mol. The zero-order valence-corrected chi connectivity index (χ0v) is 9.55. The highest BCUT2D eigenvalue weighted by Crippen LogP contribution is 2.39. The van der Waals surface area contributed by atoms with Crippen LogP contribution in [-0.4, -0.2) is 22.4 Å². The second kappa shape index (κ2) is 4.33. The fourth-order valence-electron chi connectivity index (χ4n) is 1.71. The summed E-state index contributed by atoms with van der Waals surface area (Å²) < 4.78 is 13.0. The Morgan fingerprint density at radius 3 is 3.06 bits per heavy atom. The lowest BCUT2D eigenvalue weighted by molar-refractivity contribution is -0.137. The van der Waals surface area contributed by atoms with Crippen LogP contribution in [0, 0.1) is 5.82 Å². The molecule has 0 radical (unpaired) electrons. The quantitative estimate of drug-likeness (QED) is 0.835. The van der Waals surface area contributed by atoms with Crippen molar-refractivity contribution in [1.29, 1.82) is 0 Å². The van der Waals surface area contributed by atoms with E-state index in [2.05, 4.69) is 5.32 Å². The third-order valence-electron chi connectivity index (χ3n) is 2.54. The molecule has 2 rings (SSSR count). The second-order valence-corrected chi connectivity index (χ2v) is 5.11. The van der Waals surface area contributed by atoms with Crippen LogP contribution in [0.25, 0.3) is 0 Å². The zero-order valence-electron chi connectivity index (χ0n) is 8.74. The van der Waals surface area contributed by atoms with Crippen LogP contribution >= 0.6 is 11.8 Å². The van der Waals surface area contributed by atoms with Gasteiger partial charge >= 0.3 is 5.97 Å². The van der Waals surface area contributed by atoms with E-state index in [0.717, 1.165) is 10.6 Å². The number of aliphatic carboxylic acids is 1. The van der Waals surface area contributed by atoms with Crippen LogP contribution in [0.4, 0.5) is 10.1 Å². The van der Waals surface area contributed by atoms with E-state index in [1.807, 2.05) is 6.92 Å². The van der Waals surface area contributed by atoms with Crippen molar-refractivity contribution in [1.82, 2.24) is 0 Å². The van der Waals surface area contributed by atoms with Crippen LogP contribution in [-0.2, 0) is 4.79 Å². The van der Waals surface area contributed by atoms with Gasteiger partial charge in [0.15, 0.2) is 0 Å². The minimum absolute atomic E-state index is 0.0631. The predicted octanol–water partition coefficient (Wildman–Crippen LogP) is 2.58. The van der Waals surface area contributed by atoms with Crippen molar-refractivity contribution in [3.63, 3.8) is 0 Å². The first-order valence-electron chi connectivity index (χ1n) is 5.01. The van der Waals surface area contributed by atoms with E-state index in [0.29, 0.717) is 0 Å². The molecule has 1 aliphatic rings. The fraction of sp³-hybridized carbons (Fsp3) is 0.364. The van der Waals surface area contributed by atoms with Gasteiger partial charge in [0.2, 0.25) is 0 Å². The number of fused-ring (bicyclic) bond motifs is 1. The van der Waals surface area contributed by atoms with Crippen molar-refractivity contribution in [3.05, 3.63) is 24.0 Å². The third kappa shape index (κ3) is 2.29. The van der Waals surface area contributed by atoms with E-state index in [-0.39, 0.29) is 23.5 Å². The molecular formula is C11H12FNO2S. The summed E-state index contributed by atoms with van der Waals surface area (Å²) in [5.41, 5.74) is 0.875. The SMILES string of the molecule is CC1Nc2ccc(F)cc2SC1CC(=O)O. The summed E-state index contributed by atoms with van der Waals surface area (Å²) >= 11 is 1.42. The largest absolute Gasteiger partial charge is 0.481 e. The number of hydrogen-bond acceptors (Lipinski definition) is 3. The van der Waals surface area contributed by atoms with Gasteiger partial charge in [-0.25, -0.2) is 4.39 Å². The van der Waals surface area contributed by atoms with E-state index in [4.69, 9.17) is 5.11 Å². The van der Waals surface area contributed by atoms with Gasteiger partial charge in [-0.15, -0.1) is 11.8 Å². The monoisotopic (exact) mass is 241 g/mol. The molecule has 16 heavy (non-hydrogen) atoms. The number of rotatable bonds is 2. The molecule has 0 amide bonds. The van der Waals surface area contributed by atoms with Gasteiger partial charge in [-0.1, -0.05) is 0 Å². The Labute approximate surface area is 97.0 Å². The molecule has 0 fully saturated rings. The van der Waals surface area contributed by atoms with Crippen LogP contribution < -0.4 is 5.32 Å². The van der Waals surface area contributed by atoms with Crippen molar-refractivity contribution in [2.75, 3.05) is 5.32 Å². The molecule has 0 bridgehead atoms. The van der Waals surface area contributed by atoms with E-state index >= 15 is 0 Å². The molecule has 0 saturated carbocycles. The highest BCUT2D eigenvalue weighted by Gasteiger charge is 2.27. The third-order valence-corrected chi connectivity index (χ3v) is 4.01. The lowest BCUT2D eigenvalue weighted by Gasteiger charge is -2.30. The van der Waals surface area contributed by atoms with Crippen LogP contribution in [0.2, 0.25) is 0 Å². The van der Waals surface area contributed by atoms with Crippen molar-refractivity contribution in [3.8, 4) is 0 Å². The Morgan fingerprint density at radius 2 is 2.38 bits per heavy atom. The average molecular weight is 241 g/mol. The van der Waals surface area contributed by atoms with Crippen LogP contribution in [0.1, 0.15) is 13.3 Å². The first-order chi connectivity index (χ1) is 7.56. The summed E-state index contributed by atoms with van der Waals surface area (Å²) in [5, 5.41) is 11.9. The molecular weight excluding hydrogens is 229 g/mol. The van der Waals surface area contributed by atoms with Crippen LogP contribution in [0.3, 0.4) is 0 Å². The number of anilines is 1. The number of benzene rings is 1. The Kier molecular flexibility index (Phi) is 3.05. The van der Waals surface area contributed by atoms with Gasteiger partial charge in [0.1, 0.15) is 5.82 Å². The molecule has 1 heterocycles. The number of thioether (sulfide) groups is 1. The summed E-state index contributed by atoms with van der Waals surface area (Å²) in [4.78, 5) is 11.5. The second-order valence-electron chi connectivity index (χ2n) is 3.83. The van der Waals surface area contributed by atoms with Crippen molar-refractivity contribution in [2.45, 2.75) is 29.5 Å². The van der Waals surface area contributed by atoms with E-state index in [1.54, 1.807) is 6.07 Å². The standard InChI is InChI=1S/C11H12FNO2S/c1-6-9(5-11(14)15)16-10-4-7(12)2-3-8(10)13-6/h2-4,6,9,13H,5H2,1H3,(H,14,15). The van der Waals surface area contributed by atoms with Gasteiger partial charge in [-0.2, -0.15) is 0 Å². The van der Waals surface area contributed by atoms with Gasteiger partial charge in [0.05, 0.1) is 6.42 Å². The minimum Gasteiger partial charge on any atom is -0.481 e. The van der Waals surface area contributed by atoms with Gasteiger partial charge in [0, 0.05) is 21.9 Å². The number of hydrogen-bond donors (Lipinski definition) is 2. The Bertz CT molecular complexity index is 424. The zero-order chi connectivity index (χ0) is 11.7. The minimum atomic E-state index is -0.828. The first-order valence-corrected chi connectivity index (χ1v) is 5.89. The van der Waals surface area contributed by atoms with Gasteiger partial charge in [-0.3, -0.25) is 4.79 Å². The maximum Gasteiger partial charge on any atom is 0.304 e. The first kappa shape index (κ1) is 11.3. The van der Waals surface area contributed by atoms with E-state index in [9.17, 15) is 9.18 Å². The average Bonchev–Trinajstić information content (AvgIpc) is 2.19. The fourth-order valence-corrected chi connectivity index (χ4v) is 2.97. The molecule has 1 aromatic rings. The Morgan fingerprint density at radius 1 is 1.62 bits per heavy atom. The highest BCUT2D eigenvalue weighted by atomic mass is 32.2. The molecule has 5 heteroatoms. The van der Waals surface area contributed by atoms with Crippen molar-refractivity contribution >= 4 is 23.4 Å². The number of carbonyl (C=O) groups is 1. The summed E-state index contributed by atoms with van der Waals surface area (Å²) in [6.07, 6.45) is 0.0782. The molecule has 2 N–H and O–H groups in total. The highest BCUT2D eigenvalue weighted by molar-refractivity contribution is 8.00. The molecule has 1 aliphatic heterocycles. The summed E-state index contributed by atoms with van der Waals surface area (Å²) in [6.45, 7) is 1.94. The summed E-state index contributed by atoms with van der Waals surface area (Å²) in [5.74, 6) is -1.12. The molecule has 2 atom stereocenters. The summed E-state index contributed by atoms with van der Waals surface area (Å²) in [7, 11) is 0. The number of nitrogens with one attached hydrogen (secondary N) is 1.